The van der Waals surface area contributed by atoms with Gasteiger partial charge in [0.2, 0.25) is 11.9 Å². The summed E-state index contributed by atoms with van der Waals surface area (Å²) < 4.78 is 11.3. The number of aliphatic imine (C=N–C) groups is 2. The highest BCUT2D eigenvalue weighted by molar-refractivity contribution is 6.06. The van der Waals surface area contributed by atoms with Crippen molar-refractivity contribution < 1.29 is 9.47 Å². The first-order valence-corrected chi connectivity index (χ1v) is 8.95. The normalized spacial score (nSPS) is 19.5. The minimum atomic E-state index is -0.465. The molecule has 1 fully saturated rings. The zero-order valence-corrected chi connectivity index (χ0v) is 14.8. The van der Waals surface area contributed by atoms with Crippen LogP contribution in [0.1, 0.15) is 39.0 Å². The van der Waals surface area contributed by atoms with Crippen LogP contribution in [0.3, 0.4) is 0 Å². The van der Waals surface area contributed by atoms with Crippen molar-refractivity contribution in [3.8, 4) is 5.75 Å². The molecule has 4 N–H and O–H groups in total. The van der Waals surface area contributed by atoms with Crippen molar-refractivity contribution in [2.75, 3.05) is 24.7 Å². The number of benzene rings is 1. The largest absolute Gasteiger partial charge is 0.489 e. The summed E-state index contributed by atoms with van der Waals surface area (Å²) in [5.41, 5.74) is 12.6. The molecule has 1 spiro atoms. The summed E-state index contributed by atoms with van der Waals surface area (Å²) in [6.45, 7) is 3.67. The molecule has 1 aliphatic carbocycles. The van der Waals surface area contributed by atoms with Crippen LogP contribution in [0.15, 0.2) is 34.3 Å². The van der Waals surface area contributed by atoms with Crippen molar-refractivity contribution in [1.82, 2.24) is 0 Å². The summed E-state index contributed by atoms with van der Waals surface area (Å²) >= 11 is 0. The van der Waals surface area contributed by atoms with Crippen LogP contribution in [0.2, 0.25) is 0 Å². The molecule has 1 aromatic rings. The molecule has 0 atom stereocenters. The number of rotatable bonds is 6. The molecule has 0 unspecified atom stereocenters. The van der Waals surface area contributed by atoms with Crippen molar-refractivity contribution in [3.63, 3.8) is 0 Å². The maximum absolute atomic E-state index is 6.29. The lowest BCUT2D eigenvalue weighted by molar-refractivity contribution is 0.110. The number of ether oxygens (including phenoxy) is 2. The van der Waals surface area contributed by atoms with E-state index in [1.165, 1.54) is 6.42 Å². The Morgan fingerprint density at radius 2 is 1.88 bits per heavy atom. The predicted octanol–water partition coefficient (Wildman–Crippen LogP) is 2.21. The molecule has 0 amide bonds. The van der Waals surface area contributed by atoms with Crippen LogP contribution in [-0.2, 0) is 4.74 Å². The van der Waals surface area contributed by atoms with Crippen LogP contribution in [0, 0.1) is 0 Å². The molecule has 1 heterocycles. The van der Waals surface area contributed by atoms with Gasteiger partial charge in [-0.05, 0) is 44.7 Å². The van der Waals surface area contributed by atoms with Gasteiger partial charge in [0, 0.05) is 6.61 Å². The zero-order valence-electron chi connectivity index (χ0n) is 14.8. The Bertz CT molecular complexity index is 653. The SMILES string of the molecule is CCOCCOc1ccccc1N1C(N)=NC(N)=NC12CCCCC2. The van der Waals surface area contributed by atoms with E-state index in [0.717, 1.165) is 37.1 Å². The lowest BCUT2D eigenvalue weighted by Crippen LogP contribution is -2.58. The van der Waals surface area contributed by atoms with Crippen LogP contribution in [-0.4, -0.2) is 37.4 Å². The zero-order chi connectivity index (χ0) is 17.7. The molecule has 3 rings (SSSR count). The molecular formula is C18H27N5O2. The summed E-state index contributed by atoms with van der Waals surface area (Å²) in [5.74, 6) is 1.38. The van der Waals surface area contributed by atoms with E-state index >= 15 is 0 Å². The highest BCUT2D eigenvalue weighted by atomic mass is 16.5. The molecule has 1 aliphatic heterocycles. The smallest absolute Gasteiger partial charge is 0.220 e. The van der Waals surface area contributed by atoms with Crippen molar-refractivity contribution in [2.24, 2.45) is 21.5 Å². The van der Waals surface area contributed by atoms with E-state index in [2.05, 4.69) is 4.99 Å². The van der Waals surface area contributed by atoms with Gasteiger partial charge in [0.05, 0.1) is 12.3 Å². The Labute approximate surface area is 148 Å². The summed E-state index contributed by atoms with van der Waals surface area (Å²) in [7, 11) is 0. The number of anilines is 1. The van der Waals surface area contributed by atoms with Gasteiger partial charge in [0.25, 0.3) is 0 Å². The highest BCUT2D eigenvalue weighted by Crippen LogP contribution is 2.42. The third-order valence-corrected chi connectivity index (χ3v) is 4.65. The maximum atomic E-state index is 6.29. The Morgan fingerprint density at radius 1 is 1.12 bits per heavy atom. The first-order chi connectivity index (χ1) is 12.2. The Morgan fingerprint density at radius 3 is 2.64 bits per heavy atom. The van der Waals surface area contributed by atoms with Gasteiger partial charge in [-0.1, -0.05) is 18.6 Å². The molecule has 0 aromatic heterocycles. The molecule has 1 saturated carbocycles. The molecule has 25 heavy (non-hydrogen) atoms. The fourth-order valence-electron chi connectivity index (χ4n) is 3.59. The molecule has 0 saturated heterocycles. The Kier molecular flexibility index (Phi) is 5.43. The first-order valence-electron chi connectivity index (χ1n) is 8.95. The lowest BCUT2D eigenvalue weighted by atomic mass is 9.87. The van der Waals surface area contributed by atoms with Gasteiger partial charge >= 0.3 is 0 Å². The maximum Gasteiger partial charge on any atom is 0.220 e. The van der Waals surface area contributed by atoms with Crippen LogP contribution >= 0.6 is 0 Å². The summed E-state index contributed by atoms with van der Waals surface area (Å²) in [5, 5.41) is 0. The van der Waals surface area contributed by atoms with Crippen molar-refractivity contribution in [1.29, 1.82) is 0 Å². The number of nitrogens with zero attached hydrogens (tertiary/aromatic N) is 3. The Hall–Kier alpha value is -2.28. The highest BCUT2D eigenvalue weighted by Gasteiger charge is 2.43. The first kappa shape index (κ1) is 17.5. The lowest BCUT2D eigenvalue weighted by Gasteiger charge is -2.45. The average molecular weight is 345 g/mol. The second-order valence-corrected chi connectivity index (χ2v) is 6.33. The van der Waals surface area contributed by atoms with E-state index in [-0.39, 0.29) is 5.96 Å². The molecule has 7 nitrogen and oxygen atoms in total. The van der Waals surface area contributed by atoms with Crippen molar-refractivity contribution >= 4 is 17.6 Å². The quantitative estimate of drug-likeness (QED) is 0.770. The van der Waals surface area contributed by atoms with Gasteiger partial charge < -0.3 is 20.9 Å². The van der Waals surface area contributed by atoms with Crippen LogP contribution < -0.4 is 21.1 Å². The van der Waals surface area contributed by atoms with Gasteiger partial charge in [-0.15, -0.1) is 0 Å². The van der Waals surface area contributed by atoms with Gasteiger partial charge in [0.1, 0.15) is 18.0 Å². The van der Waals surface area contributed by atoms with E-state index in [4.69, 9.17) is 25.9 Å². The summed E-state index contributed by atoms with van der Waals surface area (Å²) in [6.07, 6.45) is 5.19. The molecule has 7 heteroatoms. The third-order valence-electron chi connectivity index (χ3n) is 4.65. The fourth-order valence-corrected chi connectivity index (χ4v) is 3.59. The fraction of sp³-hybridized carbons (Fsp3) is 0.556. The molecule has 2 aliphatic rings. The van der Waals surface area contributed by atoms with Gasteiger partial charge in [-0.3, -0.25) is 4.90 Å². The van der Waals surface area contributed by atoms with Crippen LogP contribution in [0.4, 0.5) is 5.69 Å². The monoisotopic (exact) mass is 345 g/mol. The third kappa shape index (κ3) is 3.71. The molecular weight excluding hydrogens is 318 g/mol. The van der Waals surface area contributed by atoms with Crippen molar-refractivity contribution in [3.05, 3.63) is 24.3 Å². The van der Waals surface area contributed by atoms with E-state index in [1.807, 2.05) is 36.1 Å². The van der Waals surface area contributed by atoms with E-state index in [1.54, 1.807) is 0 Å². The average Bonchev–Trinajstić information content (AvgIpc) is 2.60. The van der Waals surface area contributed by atoms with Crippen molar-refractivity contribution in [2.45, 2.75) is 44.7 Å². The second-order valence-electron chi connectivity index (χ2n) is 6.33. The second kappa shape index (κ2) is 7.74. The topological polar surface area (TPSA) is 98.5 Å². The van der Waals surface area contributed by atoms with Gasteiger partial charge in [-0.25, -0.2) is 4.99 Å². The minimum Gasteiger partial charge on any atom is -0.489 e. The molecule has 1 aromatic carbocycles. The molecule has 0 radical (unpaired) electrons. The number of nitrogens with two attached hydrogens (primary N) is 2. The van der Waals surface area contributed by atoms with E-state index in [9.17, 15) is 0 Å². The Balaban J connectivity index is 1.92. The molecule has 136 valence electrons. The number of hydrogen-bond acceptors (Lipinski definition) is 7. The van der Waals surface area contributed by atoms with Gasteiger partial charge in [-0.2, -0.15) is 4.99 Å². The minimum absolute atomic E-state index is 0.255. The summed E-state index contributed by atoms with van der Waals surface area (Å²) in [6, 6.07) is 7.84. The van der Waals surface area contributed by atoms with E-state index in [0.29, 0.717) is 25.8 Å². The summed E-state index contributed by atoms with van der Waals surface area (Å²) in [4.78, 5) is 10.9. The standard InChI is InChI=1S/C18H27N5O2/c1-2-24-12-13-25-15-9-5-4-8-14(15)23-17(20)21-16(19)22-18(23)10-6-3-7-11-18/h4-5,8-9H,2-3,6-7,10-13H2,1H3,(H4,19,20,21,22). The van der Waals surface area contributed by atoms with Crippen LogP contribution in [0.5, 0.6) is 5.75 Å². The predicted molar refractivity (Wildman–Crippen MR) is 100.0 cm³/mol. The van der Waals surface area contributed by atoms with E-state index < -0.39 is 5.66 Å². The molecule has 0 bridgehead atoms. The number of hydrogen-bond donors (Lipinski definition) is 2. The van der Waals surface area contributed by atoms with Gasteiger partial charge in [0.15, 0.2) is 0 Å². The number of para-hydroxylation sites is 2. The van der Waals surface area contributed by atoms with Crippen LogP contribution in [0.25, 0.3) is 0 Å². The number of guanidine groups is 2.